The van der Waals surface area contributed by atoms with E-state index in [1.54, 1.807) is 6.07 Å². The van der Waals surface area contributed by atoms with Crippen LogP contribution in [0.3, 0.4) is 0 Å². The fourth-order valence-corrected chi connectivity index (χ4v) is 2.98. The molecule has 0 aromatic heterocycles. The second-order valence-corrected chi connectivity index (χ2v) is 6.31. The monoisotopic (exact) mass is 434 g/mol. The van der Waals surface area contributed by atoms with E-state index in [0.29, 0.717) is 6.42 Å². The quantitative estimate of drug-likeness (QED) is 0.434. The van der Waals surface area contributed by atoms with Gasteiger partial charge in [0.1, 0.15) is 5.82 Å². The van der Waals surface area contributed by atoms with Crippen LogP contribution < -0.4 is 11.3 Å². The maximum absolute atomic E-state index is 13.1. The van der Waals surface area contributed by atoms with Gasteiger partial charge in [-0.15, -0.1) is 0 Å². The molecule has 0 spiro atoms. The highest BCUT2D eigenvalue weighted by Crippen LogP contribution is 2.25. The molecule has 0 aliphatic carbocycles. The smallest absolute Gasteiger partial charge is 0.124 e. The molecule has 19 heavy (non-hydrogen) atoms. The lowest BCUT2D eigenvalue weighted by Gasteiger charge is -2.17. The van der Waals surface area contributed by atoms with Crippen molar-refractivity contribution >= 4 is 38.5 Å². The standard InChI is InChI=1S/C14H13BrFIN2/c15-13-8-11(16)5-4-9(13)7-14(19-18)10-2-1-3-12(17)6-10/h1-6,8,14,19H,7,18H2. The number of hydrogen-bond donors (Lipinski definition) is 2. The molecule has 0 saturated carbocycles. The molecule has 0 amide bonds. The molecule has 0 aliphatic rings. The predicted molar refractivity (Wildman–Crippen MR) is 87.0 cm³/mol. The third kappa shape index (κ3) is 3.98. The molecule has 1 unspecified atom stereocenters. The number of hydrogen-bond acceptors (Lipinski definition) is 2. The average molecular weight is 435 g/mol. The van der Waals surface area contributed by atoms with Crippen LogP contribution >= 0.6 is 38.5 Å². The number of rotatable bonds is 4. The van der Waals surface area contributed by atoms with Crippen LogP contribution in [0.1, 0.15) is 17.2 Å². The third-order valence-electron chi connectivity index (χ3n) is 2.89. The van der Waals surface area contributed by atoms with Crippen molar-refractivity contribution in [1.29, 1.82) is 0 Å². The Morgan fingerprint density at radius 2 is 2.05 bits per heavy atom. The van der Waals surface area contributed by atoms with Gasteiger partial charge in [0.15, 0.2) is 0 Å². The van der Waals surface area contributed by atoms with Gasteiger partial charge in [-0.25, -0.2) is 4.39 Å². The fraction of sp³-hybridized carbons (Fsp3) is 0.143. The van der Waals surface area contributed by atoms with Crippen LogP contribution in [0.4, 0.5) is 4.39 Å². The van der Waals surface area contributed by atoms with Crippen LogP contribution in [0.25, 0.3) is 0 Å². The maximum Gasteiger partial charge on any atom is 0.124 e. The highest BCUT2D eigenvalue weighted by molar-refractivity contribution is 14.1. The Bertz CT molecular complexity index is 577. The minimum Gasteiger partial charge on any atom is -0.271 e. The highest BCUT2D eigenvalue weighted by atomic mass is 127. The SMILES string of the molecule is NNC(Cc1ccc(F)cc1Br)c1cccc(I)c1. The summed E-state index contributed by atoms with van der Waals surface area (Å²) in [6.45, 7) is 0. The summed E-state index contributed by atoms with van der Waals surface area (Å²) in [5.74, 6) is 5.39. The second-order valence-electron chi connectivity index (χ2n) is 4.21. The largest absolute Gasteiger partial charge is 0.271 e. The Morgan fingerprint density at radius 1 is 1.26 bits per heavy atom. The van der Waals surface area contributed by atoms with Crippen LogP contribution in [-0.4, -0.2) is 0 Å². The summed E-state index contributed by atoms with van der Waals surface area (Å²) in [7, 11) is 0. The summed E-state index contributed by atoms with van der Waals surface area (Å²) < 4.78 is 15.0. The zero-order chi connectivity index (χ0) is 13.8. The Labute approximate surface area is 133 Å². The van der Waals surface area contributed by atoms with Crippen molar-refractivity contribution < 1.29 is 4.39 Å². The molecule has 2 aromatic carbocycles. The summed E-state index contributed by atoms with van der Waals surface area (Å²) >= 11 is 5.65. The first-order valence-corrected chi connectivity index (χ1v) is 7.63. The molecule has 5 heteroatoms. The van der Waals surface area contributed by atoms with E-state index in [2.05, 4.69) is 50.0 Å². The van der Waals surface area contributed by atoms with Gasteiger partial charge in [0.05, 0.1) is 6.04 Å². The normalized spacial score (nSPS) is 12.4. The summed E-state index contributed by atoms with van der Waals surface area (Å²) in [4.78, 5) is 0. The summed E-state index contributed by atoms with van der Waals surface area (Å²) in [6, 6.07) is 12.9. The number of hydrazine groups is 1. The molecule has 1 atom stereocenters. The lowest BCUT2D eigenvalue weighted by Crippen LogP contribution is -2.29. The highest BCUT2D eigenvalue weighted by Gasteiger charge is 2.13. The van der Waals surface area contributed by atoms with E-state index in [-0.39, 0.29) is 11.9 Å². The molecular formula is C14H13BrFIN2. The first-order chi connectivity index (χ1) is 9.10. The lowest BCUT2D eigenvalue weighted by molar-refractivity contribution is 0.549. The molecule has 0 heterocycles. The molecule has 0 radical (unpaired) electrons. The van der Waals surface area contributed by atoms with E-state index in [0.717, 1.165) is 19.2 Å². The van der Waals surface area contributed by atoms with Gasteiger partial charge in [-0.05, 0) is 64.4 Å². The fourth-order valence-electron chi connectivity index (χ4n) is 1.90. The van der Waals surface area contributed by atoms with Crippen molar-refractivity contribution in [3.05, 3.63) is 67.5 Å². The van der Waals surface area contributed by atoms with Gasteiger partial charge in [-0.1, -0.05) is 34.1 Å². The zero-order valence-electron chi connectivity index (χ0n) is 10.0. The van der Waals surface area contributed by atoms with Gasteiger partial charge in [0.2, 0.25) is 0 Å². The van der Waals surface area contributed by atoms with Gasteiger partial charge in [-0.3, -0.25) is 11.3 Å². The van der Waals surface area contributed by atoms with Crippen molar-refractivity contribution in [2.24, 2.45) is 5.84 Å². The Morgan fingerprint density at radius 3 is 2.68 bits per heavy atom. The molecule has 100 valence electrons. The second kappa shape index (κ2) is 6.78. The van der Waals surface area contributed by atoms with Crippen LogP contribution in [0.5, 0.6) is 0 Å². The van der Waals surface area contributed by atoms with Crippen molar-refractivity contribution in [3.8, 4) is 0 Å². The van der Waals surface area contributed by atoms with Crippen LogP contribution in [0.2, 0.25) is 0 Å². The van der Waals surface area contributed by atoms with E-state index in [1.165, 1.54) is 12.1 Å². The summed E-state index contributed by atoms with van der Waals surface area (Å²) in [6.07, 6.45) is 0.692. The number of nitrogens with two attached hydrogens (primary N) is 1. The lowest BCUT2D eigenvalue weighted by atomic mass is 9.99. The predicted octanol–water partition coefficient (Wildman–Crippen LogP) is 3.94. The molecule has 0 saturated heterocycles. The number of halogens is 3. The molecule has 2 nitrogen and oxygen atoms in total. The van der Waals surface area contributed by atoms with Gasteiger partial charge >= 0.3 is 0 Å². The average Bonchev–Trinajstić information content (AvgIpc) is 2.38. The Hall–Kier alpha value is -0.500. The topological polar surface area (TPSA) is 38.0 Å². The minimum absolute atomic E-state index is 0.00326. The first-order valence-electron chi connectivity index (χ1n) is 5.75. The Balaban J connectivity index is 2.24. The van der Waals surface area contributed by atoms with Gasteiger partial charge in [0, 0.05) is 8.04 Å². The van der Waals surface area contributed by atoms with Crippen molar-refractivity contribution in [3.63, 3.8) is 0 Å². The summed E-state index contributed by atoms with van der Waals surface area (Å²) in [5.41, 5.74) is 4.95. The van der Waals surface area contributed by atoms with Gasteiger partial charge in [-0.2, -0.15) is 0 Å². The maximum atomic E-state index is 13.1. The van der Waals surface area contributed by atoms with E-state index < -0.39 is 0 Å². The first kappa shape index (κ1) is 14.9. The Kier molecular flexibility index (Phi) is 5.32. The zero-order valence-corrected chi connectivity index (χ0v) is 13.8. The van der Waals surface area contributed by atoms with E-state index >= 15 is 0 Å². The molecule has 2 rings (SSSR count). The van der Waals surface area contributed by atoms with Crippen molar-refractivity contribution in [2.45, 2.75) is 12.5 Å². The minimum atomic E-state index is -0.248. The number of benzene rings is 2. The van der Waals surface area contributed by atoms with E-state index in [4.69, 9.17) is 5.84 Å². The van der Waals surface area contributed by atoms with Crippen molar-refractivity contribution in [1.82, 2.24) is 5.43 Å². The molecule has 3 N–H and O–H groups in total. The molecule has 2 aromatic rings. The summed E-state index contributed by atoms with van der Waals surface area (Å²) in [5, 5.41) is 0. The molecule has 0 aliphatic heterocycles. The van der Waals surface area contributed by atoms with Crippen LogP contribution in [-0.2, 0) is 6.42 Å². The van der Waals surface area contributed by atoms with Crippen molar-refractivity contribution in [2.75, 3.05) is 0 Å². The van der Waals surface area contributed by atoms with Gasteiger partial charge in [0.25, 0.3) is 0 Å². The number of nitrogens with one attached hydrogen (secondary N) is 1. The van der Waals surface area contributed by atoms with Gasteiger partial charge < -0.3 is 0 Å². The van der Waals surface area contributed by atoms with Crippen LogP contribution in [0, 0.1) is 9.39 Å². The molecule has 0 bridgehead atoms. The van der Waals surface area contributed by atoms with Crippen LogP contribution in [0.15, 0.2) is 46.9 Å². The molecular weight excluding hydrogens is 422 g/mol. The van der Waals surface area contributed by atoms with E-state index in [9.17, 15) is 4.39 Å². The molecule has 0 fully saturated rings. The van der Waals surface area contributed by atoms with E-state index in [1.807, 2.05) is 18.2 Å². The third-order valence-corrected chi connectivity index (χ3v) is 4.30.